The van der Waals surface area contributed by atoms with Crippen molar-refractivity contribution >= 4 is 21.6 Å². The molecule has 24 heavy (non-hydrogen) atoms. The summed E-state index contributed by atoms with van der Waals surface area (Å²) in [6, 6.07) is 15.4. The molecule has 3 aromatic rings. The largest absolute Gasteiger partial charge is 0.330 e. The maximum Gasteiger partial charge on any atom is 0.124 e. The second kappa shape index (κ2) is 6.59. The van der Waals surface area contributed by atoms with Crippen molar-refractivity contribution in [3.05, 3.63) is 64.9 Å². The Kier molecular flexibility index (Phi) is 4.31. The van der Waals surface area contributed by atoms with E-state index in [0.717, 1.165) is 34.9 Å². The standard InChI is InChI=1S/C19H20FN3S/c20-15-6-7-17-18(8-15)24-19(22-17)12-23-10-14(9-21)16(11-23)13-4-2-1-3-5-13/h1-8,14,16H,9-12,21H2/t14-,16+/m1/s1. The fourth-order valence-corrected chi connectivity index (χ4v) is 4.65. The van der Waals surface area contributed by atoms with Crippen LogP contribution in [0.3, 0.4) is 0 Å². The molecule has 1 aliphatic heterocycles. The molecular formula is C19H20FN3S. The molecule has 0 amide bonds. The topological polar surface area (TPSA) is 42.1 Å². The maximum atomic E-state index is 13.3. The molecule has 2 aromatic carbocycles. The molecule has 1 aromatic heterocycles. The number of likely N-dealkylation sites (tertiary alicyclic amines) is 1. The van der Waals surface area contributed by atoms with Crippen molar-refractivity contribution in [1.29, 1.82) is 0 Å². The Hall–Kier alpha value is -1.82. The molecule has 4 rings (SSSR count). The molecule has 0 saturated carbocycles. The van der Waals surface area contributed by atoms with Crippen LogP contribution in [0, 0.1) is 11.7 Å². The molecule has 1 aliphatic rings. The van der Waals surface area contributed by atoms with Gasteiger partial charge in [0.2, 0.25) is 0 Å². The van der Waals surface area contributed by atoms with Crippen LogP contribution in [0.2, 0.25) is 0 Å². The van der Waals surface area contributed by atoms with Gasteiger partial charge in [0.25, 0.3) is 0 Å². The van der Waals surface area contributed by atoms with Gasteiger partial charge in [-0.15, -0.1) is 11.3 Å². The van der Waals surface area contributed by atoms with Gasteiger partial charge in [-0.1, -0.05) is 30.3 Å². The molecule has 124 valence electrons. The van der Waals surface area contributed by atoms with Crippen LogP contribution in [-0.2, 0) is 6.54 Å². The second-order valence-corrected chi connectivity index (χ2v) is 7.54. The highest BCUT2D eigenvalue weighted by molar-refractivity contribution is 7.18. The lowest BCUT2D eigenvalue weighted by atomic mass is 9.89. The maximum absolute atomic E-state index is 13.3. The molecule has 0 unspecified atom stereocenters. The van der Waals surface area contributed by atoms with Crippen molar-refractivity contribution in [3.63, 3.8) is 0 Å². The van der Waals surface area contributed by atoms with E-state index in [1.807, 2.05) is 6.07 Å². The third-order valence-corrected chi connectivity index (χ3v) is 5.80. The van der Waals surface area contributed by atoms with Gasteiger partial charge in [-0.25, -0.2) is 9.37 Å². The zero-order valence-electron chi connectivity index (χ0n) is 13.4. The van der Waals surface area contributed by atoms with E-state index in [9.17, 15) is 4.39 Å². The van der Waals surface area contributed by atoms with Gasteiger partial charge in [-0.05, 0) is 36.2 Å². The molecule has 3 nitrogen and oxygen atoms in total. The number of hydrogen-bond donors (Lipinski definition) is 1. The first kappa shape index (κ1) is 15.7. The molecular weight excluding hydrogens is 321 g/mol. The van der Waals surface area contributed by atoms with Crippen molar-refractivity contribution in [3.8, 4) is 0 Å². The predicted molar refractivity (Wildman–Crippen MR) is 96.6 cm³/mol. The quantitative estimate of drug-likeness (QED) is 0.788. The predicted octanol–water partition coefficient (Wildman–Crippen LogP) is 3.61. The molecule has 1 saturated heterocycles. The van der Waals surface area contributed by atoms with Crippen LogP contribution >= 0.6 is 11.3 Å². The van der Waals surface area contributed by atoms with Gasteiger partial charge < -0.3 is 5.73 Å². The fraction of sp³-hybridized carbons (Fsp3) is 0.316. The lowest BCUT2D eigenvalue weighted by Gasteiger charge is -2.16. The molecule has 0 aliphatic carbocycles. The molecule has 1 fully saturated rings. The SMILES string of the molecule is NC[C@@H]1CN(Cc2nc3ccc(F)cc3s2)C[C@H]1c1ccccc1. The van der Waals surface area contributed by atoms with Crippen molar-refractivity contribution < 1.29 is 4.39 Å². The minimum Gasteiger partial charge on any atom is -0.330 e. The Balaban J connectivity index is 1.52. The summed E-state index contributed by atoms with van der Waals surface area (Å²) in [6.07, 6.45) is 0. The van der Waals surface area contributed by atoms with Crippen LogP contribution in [-0.4, -0.2) is 29.5 Å². The van der Waals surface area contributed by atoms with E-state index < -0.39 is 0 Å². The van der Waals surface area contributed by atoms with Crippen LogP contribution < -0.4 is 5.73 Å². The van der Waals surface area contributed by atoms with E-state index in [1.165, 1.54) is 11.6 Å². The van der Waals surface area contributed by atoms with Gasteiger partial charge in [0.15, 0.2) is 0 Å². The van der Waals surface area contributed by atoms with Gasteiger partial charge in [0, 0.05) is 19.0 Å². The monoisotopic (exact) mass is 341 g/mol. The van der Waals surface area contributed by atoms with Gasteiger partial charge in [-0.2, -0.15) is 0 Å². The Bertz CT molecular complexity index is 833. The number of fused-ring (bicyclic) bond motifs is 1. The highest BCUT2D eigenvalue weighted by atomic mass is 32.1. The Morgan fingerprint density at radius 3 is 2.79 bits per heavy atom. The number of benzene rings is 2. The summed E-state index contributed by atoms with van der Waals surface area (Å²) in [5.41, 5.74) is 8.26. The number of nitrogens with zero attached hydrogens (tertiary/aromatic N) is 2. The lowest BCUT2D eigenvalue weighted by Crippen LogP contribution is -2.23. The van der Waals surface area contributed by atoms with Gasteiger partial charge in [-0.3, -0.25) is 4.90 Å². The summed E-state index contributed by atoms with van der Waals surface area (Å²) in [5.74, 6) is 0.744. The highest BCUT2D eigenvalue weighted by Crippen LogP contribution is 2.33. The first-order valence-electron chi connectivity index (χ1n) is 8.25. The Labute approximate surface area is 144 Å². The van der Waals surface area contributed by atoms with E-state index in [-0.39, 0.29) is 5.82 Å². The van der Waals surface area contributed by atoms with E-state index in [0.29, 0.717) is 18.4 Å². The zero-order valence-corrected chi connectivity index (χ0v) is 14.2. The van der Waals surface area contributed by atoms with Crippen molar-refractivity contribution in [2.75, 3.05) is 19.6 Å². The van der Waals surface area contributed by atoms with Crippen LogP contribution in [0.1, 0.15) is 16.5 Å². The first-order valence-corrected chi connectivity index (χ1v) is 9.07. The molecule has 2 N–H and O–H groups in total. The summed E-state index contributed by atoms with van der Waals surface area (Å²) in [4.78, 5) is 7.06. The second-order valence-electron chi connectivity index (χ2n) is 6.43. The van der Waals surface area contributed by atoms with Crippen molar-refractivity contribution in [2.45, 2.75) is 12.5 Å². The number of thiazole rings is 1. The summed E-state index contributed by atoms with van der Waals surface area (Å²) >= 11 is 1.58. The average molecular weight is 341 g/mol. The van der Waals surface area contributed by atoms with E-state index in [2.05, 4.69) is 34.1 Å². The van der Waals surface area contributed by atoms with Crippen LogP contribution in [0.4, 0.5) is 4.39 Å². The zero-order chi connectivity index (χ0) is 16.5. The number of hydrogen-bond acceptors (Lipinski definition) is 4. The summed E-state index contributed by atoms with van der Waals surface area (Å²) < 4.78 is 14.3. The van der Waals surface area contributed by atoms with E-state index in [1.54, 1.807) is 23.5 Å². The number of aromatic nitrogens is 1. The summed E-state index contributed by atoms with van der Waals surface area (Å²) in [6.45, 7) is 3.48. The number of nitrogens with two attached hydrogens (primary N) is 1. The molecule has 0 spiro atoms. The van der Waals surface area contributed by atoms with Crippen LogP contribution in [0.25, 0.3) is 10.2 Å². The van der Waals surface area contributed by atoms with Crippen molar-refractivity contribution in [2.24, 2.45) is 11.7 Å². The fourth-order valence-electron chi connectivity index (χ4n) is 3.61. The summed E-state index contributed by atoms with van der Waals surface area (Å²) in [5, 5.41) is 1.04. The Morgan fingerprint density at radius 1 is 1.17 bits per heavy atom. The van der Waals surface area contributed by atoms with Crippen molar-refractivity contribution in [1.82, 2.24) is 9.88 Å². The molecule has 2 atom stereocenters. The molecule has 0 bridgehead atoms. The third-order valence-electron chi connectivity index (χ3n) is 4.80. The number of rotatable bonds is 4. The highest BCUT2D eigenvalue weighted by Gasteiger charge is 2.33. The Morgan fingerprint density at radius 2 is 2.00 bits per heavy atom. The summed E-state index contributed by atoms with van der Waals surface area (Å²) in [7, 11) is 0. The third kappa shape index (κ3) is 3.07. The van der Waals surface area contributed by atoms with Gasteiger partial charge in [0.05, 0.1) is 16.8 Å². The minimum absolute atomic E-state index is 0.203. The minimum atomic E-state index is -0.203. The molecule has 5 heteroatoms. The van der Waals surface area contributed by atoms with Gasteiger partial charge >= 0.3 is 0 Å². The molecule has 0 radical (unpaired) electrons. The molecule has 2 heterocycles. The average Bonchev–Trinajstić information content (AvgIpc) is 3.18. The van der Waals surface area contributed by atoms with Crippen LogP contribution in [0.15, 0.2) is 48.5 Å². The van der Waals surface area contributed by atoms with Crippen LogP contribution in [0.5, 0.6) is 0 Å². The normalized spacial score (nSPS) is 21.6. The lowest BCUT2D eigenvalue weighted by molar-refractivity contribution is 0.316. The van der Waals surface area contributed by atoms with E-state index >= 15 is 0 Å². The van der Waals surface area contributed by atoms with Gasteiger partial charge in [0.1, 0.15) is 10.8 Å². The first-order chi connectivity index (χ1) is 11.7. The smallest absolute Gasteiger partial charge is 0.124 e. The number of halogens is 1. The van der Waals surface area contributed by atoms with E-state index in [4.69, 9.17) is 5.73 Å².